The van der Waals surface area contributed by atoms with Crippen LogP contribution in [-0.2, 0) is 6.42 Å². The molecule has 2 N–H and O–H groups in total. The normalized spacial score (nSPS) is 10.3. The van der Waals surface area contributed by atoms with Gasteiger partial charge in [0.1, 0.15) is 0 Å². The van der Waals surface area contributed by atoms with Gasteiger partial charge in [-0.25, -0.2) is 4.39 Å². The van der Waals surface area contributed by atoms with E-state index in [1.807, 2.05) is 0 Å². The van der Waals surface area contributed by atoms with E-state index in [4.69, 9.17) is 10.5 Å². The first kappa shape index (κ1) is 10.9. The first-order valence-corrected chi connectivity index (χ1v) is 4.50. The van der Waals surface area contributed by atoms with Crippen LogP contribution in [0.5, 0.6) is 5.75 Å². The molecule has 1 aromatic rings. The zero-order chi connectivity index (χ0) is 10.6. The molecule has 0 fully saturated rings. The maximum Gasteiger partial charge on any atom is 0.200 e. The largest absolute Gasteiger partial charge is 0.491 e. The molecule has 0 aromatic heterocycles. The van der Waals surface area contributed by atoms with Crippen molar-refractivity contribution in [3.8, 4) is 5.75 Å². The molecule has 1 aromatic carbocycles. The number of ether oxygens (including phenoxy) is 1. The molecule has 0 amide bonds. The molecule has 0 saturated heterocycles. The quantitative estimate of drug-likeness (QED) is 0.807. The maximum atomic E-state index is 13.3. The summed E-state index contributed by atoms with van der Waals surface area (Å²) in [6.45, 7) is 2.32. The van der Waals surface area contributed by atoms with Crippen LogP contribution < -0.4 is 10.5 Å². The lowest BCUT2D eigenvalue weighted by atomic mass is 10.1. The van der Waals surface area contributed by atoms with E-state index >= 15 is 0 Å². The van der Waals surface area contributed by atoms with Crippen molar-refractivity contribution in [1.29, 1.82) is 0 Å². The summed E-state index contributed by atoms with van der Waals surface area (Å²) >= 11 is 0. The molecule has 0 spiro atoms. The Labute approximate surface area is 81.7 Å². The van der Waals surface area contributed by atoms with E-state index in [2.05, 4.69) is 0 Å². The predicted octanol–water partition coefficient (Wildman–Crippen LogP) is 1.86. The van der Waals surface area contributed by atoms with E-state index < -0.39 is 11.6 Å². The SMILES string of the molecule is CCOc1ccc(CCN)c(F)c1F. The molecule has 0 saturated carbocycles. The number of benzene rings is 1. The van der Waals surface area contributed by atoms with Gasteiger partial charge in [0.15, 0.2) is 11.6 Å². The van der Waals surface area contributed by atoms with Crippen LogP contribution in [0.2, 0.25) is 0 Å². The van der Waals surface area contributed by atoms with Crippen molar-refractivity contribution in [2.24, 2.45) is 5.73 Å². The number of nitrogens with two attached hydrogens (primary N) is 1. The van der Waals surface area contributed by atoms with E-state index in [1.165, 1.54) is 12.1 Å². The van der Waals surface area contributed by atoms with Crippen LogP contribution in [0.1, 0.15) is 12.5 Å². The van der Waals surface area contributed by atoms with Crippen molar-refractivity contribution in [3.05, 3.63) is 29.3 Å². The summed E-state index contributed by atoms with van der Waals surface area (Å²) in [5.41, 5.74) is 5.54. The third-order valence-corrected chi connectivity index (χ3v) is 1.84. The third-order valence-electron chi connectivity index (χ3n) is 1.84. The zero-order valence-electron chi connectivity index (χ0n) is 8.02. The Morgan fingerprint density at radius 1 is 1.29 bits per heavy atom. The molecular weight excluding hydrogens is 188 g/mol. The molecule has 0 aliphatic rings. The van der Waals surface area contributed by atoms with E-state index in [0.717, 1.165) is 0 Å². The van der Waals surface area contributed by atoms with Crippen molar-refractivity contribution in [3.63, 3.8) is 0 Å². The Bertz CT molecular complexity index is 284. The van der Waals surface area contributed by atoms with Crippen LogP contribution in [0.15, 0.2) is 12.1 Å². The minimum absolute atomic E-state index is 0.0502. The highest BCUT2D eigenvalue weighted by Crippen LogP contribution is 2.22. The second-order valence-corrected chi connectivity index (χ2v) is 2.82. The molecule has 78 valence electrons. The summed E-state index contributed by atoms with van der Waals surface area (Å²) < 4.78 is 31.4. The first-order chi connectivity index (χ1) is 6.70. The lowest BCUT2D eigenvalue weighted by Crippen LogP contribution is -2.06. The Hall–Kier alpha value is -1.16. The molecule has 0 aliphatic carbocycles. The summed E-state index contributed by atoms with van der Waals surface area (Å²) in [7, 11) is 0. The standard InChI is InChI=1S/C10H13F2NO/c1-2-14-8-4-3-7(5-6-13)9(11)10(8)12/h3-4H,2,5-6,13H2,1H3. The van der Waals surface area contributed by atoms with Crippen molar-refractivity contribution < 1.29 is 13.5 Å². The van der Waals surface area contributed by atoms with Gasteiger partial charge in [0.25, 0.3) is 0 Å². The van der Waals surface area contributed by atoms with Gasteiger partial charge in [0.2, 0.25) is 5.82 Å². The highest BCUT2D eigenvalue weighted by atomic mass is 19.2. The molecule has 14 heavy (non-hydrogen) atoms. The van der Waals surface area contributed by atoms with Gasteiger partial charge in [-0.3, -0.25) is 0 Å². The van der Waals surface area contributed by atoms with Gasteiger partial charge in [-0.15, -0.1) is 0 Å². The van der Waals surface area contributed by atoms with Gasteiger partial charge < -0.3 is 10.5 Å². The molecule has 0 bridgehead atoms. The van der Waals surface area contributed by atoms with Gasteiger partial charge in [0.05, 0.1) is 6.61 Å². The monoisotopic (exact) mass is 201 g/mol. The molecule has 2 nitrogen and oxygen atoms in total. The number of halogens is 2. The first-order valence-electron chi connectivity index (χ1n) is 4.50. The second-order valence-electron chi connectivity index (χ2n) is 2.82. The van der Waals surface area contributed by atoms with E-state index in [9.17, 15) is 8.78 Å². The number of hydrogen-bond donors (Lipinski definition) is 1. The summed E-state index contributed by atoms with van der Waals surface area (Å²) in [6.07, 6.45) is 0.329. The summed E-state index contributed by atoms with van der Waals surface area (Å²) in [5, 5.41) is 0. The van der Waals surface area contributed by atoms with Crippen molar-refractivity contribution in [2.75, 3.05) is 13.2 Å². The molecule has 1 rings (SSSR count). The van der Waals surface area contributed by atoms with E-state index in [1.54, 1.807) is 6.92 Å². The summed E-state index contributed by atoms with van der Waals surface area (Å²) in [4.78, 5) is 0. The van der Waals surface area contributed by atoms with Crippen LogP contribution in [0, 0.1) is 11.6 Å². The van der Waals surface area contributed by atoms with E-state index in [-0.39, 0.29) is 11.3 Å². The fraction of sp³-hybridized carbons (Fsp3) is 0.400. The van der Waals surface area contributed by atoms with Gasteiger partial charge in [-0.2, -0.15) is 4.39 Å². The Kier molecular flexibility index (Phi) is 3.83. The minimum atomic E-state index is -0.933. The van der Waals surface area contributed by atoms with Gasteiger partial charge in [0, 0.05) is 0 Å². The summed E-state index contributed by atoms with van der Waals surface area (Å²) in [6, 6.07) is 2.92. The lowest BCUT2D eigenvalue weighted by molar-refractivity contribution is 0.313. The van der Waals surface area contributed by atoms with Gasteiger partial charge in [-0.1, -0.05) is 6.07 Å². The van der Waals surface area contributed by atoms with Crippen LogP contribution in [0.4, 0.5) is 8.78 Å². The Morgan fingerprint density at radius 3 is 2.57 bits per heavy atom. The molecule has 0 radical (unpaired) electrons. The molecule has 4 heteroatoms. The van der Waals surface area contributed by atoms with Crippen molar-refractivity contribution in [1.82, 2.24) is 0 Å². The topological polar surface area (TPSA) is 35.2 Å². The highest BCUT2D eigenvalue weighted by molar-refractivity contribution is 5.31. The van der Waals surface area contributed by atoms with Crippen molar-refractivity contribution >= 4 is 0 Å². The molecule has 0 unspecified atom stereocenters. The van der Waals surface area contributed by atoms with Gasteiger partial charge in [-0.05, 0) is 31.5 Å². The van der Waals surface area contributed by atoms with Gasteiger partial charge >= 0.3 is 0 Å². The highest BCUT2D eigenvalue weighted by Gasteiger charge is 2.13. The Morgan fingerprint density at radius 2 is 2.00 bits per heavy atom. The predicted molar refractivity (Wildman–Crippen MR) is 50.3 cm³/mol. The number of hydrogen-bond acceptors (Lipinski definition) is 2. The number of rotatable bonds is 4. The lowest BCUT2D eigenvalue weighted by Gasteiger charge is -2.07. The van der Waals surface area contributed by atoms with Crippen LogP contribution in [0.25, 0.3) is 0 Å². The molecule has 0 aliphatic heterocycles. The smallest absolute Gasteiger partial charge is 0.200 e. The third kappa shape index (κ3) is 2.20. The Balaban J connectivity index is 2.99. The summed E-state index contributed by atoms with van der Waals surface area (Å²) in [5.74, 6) is -1.84. The van der Waals surface area contributed by atoms with Crippen LogP contribution in [0.3, 0.4) is 0 Å². The van der Waals surface area contributed by atoms with Crippen molar-refractivity contribution in [2.45, 2.75) is 13.3 Å². The second kappa shape index (κ2) is 4.91. The van der Waals surface area contributed by atoms with E-state index in [0.29, 0.717) is 19.6 Å². The van der Waals surface area contributed by atoms with Crippen LogP contribution >= 0.6 is 0 Å². The maximum absolute atomic E-state index is 13.3. The average Bonchev–Trinajstić information content (AvgIpc) is 2.18. The molecule has 0 heterocycles. The fourth-order valence-corrected chi connectivity index (χ4v) is 1.19. The zero-order valence-corrected chi connectivity index (χ0v) is 8.02. The molecular formula is C10H13F2NO. The van der Waals surface area contributed by atoms with Crippen LogP contribution in [-0.4, -0.2) is 13.2 Å². The fourth-order valence-electron chi connectivity index (χ4n) is 1.19. The minimum Gasteiger partial charge on any atom is -0.491 e. The average molecular weight is 201 g/mol. The molecule has 0 atom stereocenters.